The van der Waals surface area contributed by atoms with Gasteiger partial charge in [-0.25, -0.2) is 0 Å². The van der Waals surface area contributed by atoms with Gasteiger partial charge in [-0.15, -0.1) is 5.39 Å². The van der Waals surface area contributed by atoms with E-state index in [9.17, 15) is 4.79 Å². The van der Waals surface area contributed by atoms with Gasteiger partial charge in [-0.2, -0.15) is 52.1 Å². The predicted molar refractivity (Wildman–Crippen MR) is 110 cm³/mol. The van der Waals surface area contributed by atoms with Gasteiger partial charge < -0.3 is 4.57 Å². The van der Waals surface area contributed by atoms with Crippen molar-refractivity contribution < 1.29 is 24.3 Å². The molecule has 1 aromatic heterocycles. The fourth-order valence-electron chi connectivity index (χ4n) is 3.58. The van der Waals surface area contributed by atoms with Crippen LogP contribution in [0.3, 0.4) is 0 Å². The summed E-state index contributed by atoms with van der Waals surface area (Å²) in [6.07, 6.45) is 0. The summed E-state index contributed by atoms with van der Waals surface area (Å²) in [6, 6.07) is 16.9. The molecule has 0 unspecified atom stereocenters. The Labute approximate surface area is 174 Å². The number of para-hydroxylation sites is 2. The molecule has 0 aliphatic carbocycles. The third-order valence-electron chi connectivity index (χ3n) is 5.62. The molecule has 27 heavy (non-hydrogen) atoms. The van der Waals surface area contributed by atoms with Gasteiger partial charge in [0, 0.05) is 12.4 Å². The first-order chi connectivity index (χ1) is 12.3. The first-order valence-electron chi connectivity index (χ1n) is 8.95. The Morgan fingerprint density at radius 3 is 2.00 bits per heavy atom. The number of aromatic nitrogens is 1. The molecule has 0 bridgehead atoms. The van der Waals surface area contributed by atoms with Gasteiger partial charge in [-0.3, -0.25) is 4.79 Å². The molecule has 140 valence electrons. The molecule has 0 amide bonds. The van der Waals surface area contributed by atoms with Crippen molar-refractivity contribution >= 4 is 27.7 Å². The van der Waals surface area contributed by atoms with Crippen molar-refractivity contribution in [1.82, 2.24) is 4.57 Å². The zero-order valence-electron chi connectivity index (χ0n) is 16.7. The van der Waals surface area contributed by atoms with Gasteiger partial charge in [-0.1, -0.05) is 58.3 Å². The van der Waals surface area contributed by atoms with E-state index in [1.54, 1.807) is 11.5 Å². The van der Waals surface area contributed by atoms with Gasteiger partial charge in [0.25, 0.3) is 0 Å². The second-order valence-corrected chi connectivity index (χ2v) is 6.93. The number of carbonyl (C=O) groups is 1. The maximum Gasteiger partial charge on any atom is 3.00 e. The van der Waals surface area contributed by atoms with Gasteiger partial charge in [0.05, 0.1) is 0 Å². The molecule has 3 heteroatoms. The Bertz CT molecular complexity index is 981. The quantitative estimate of drug-likeness (QED) is 0.233. The van der Waals surface area contributed by atoms with Crippen molar-refractivity contribution in [3.8, 4) is 0 Å². The summed E-state index contributed by atoms with van der Waals surface area (Å²) in [7, 11) is 0. The van der Waals surface area contributed by atoms with Crippen LogP contribution in [0.15, 0.2) is 42.5 Å². The Morgan fingerprint density at radius 1 is 0.926 bits per heavy atom. The predicted octanol–water partition coefficient (Wildman–Crippen LogP) is 6.20. The fourth-order valence-corrected chi connectivity index (χ4v) is 3.58. The first kappa shape index (κ1) is 21.2. The maximum absolute atomic E-state index is 11.7. The van der Waals surface area contributed by atoms with Crippen molar-refractivity contribution in [2.75, 3.05) is 0 Å². The molecule has 0 fully saturated rings. The van der Waals surface area contributed by atoms with E-state index in [1.165, 1.54) is 27.8 Å². The molecule has 0 radical (unpaired) electrons. The minimum Gasteiger partial charge on any atom is -0.305 e. The smallest absolute Gasteiger partial charge is 0.305 e. The van der Waals surface area contributed by atoms with E-state index in [2.05, 4.69) is 40.7 Å². The van der Waals surface area contributed by atoms with Gasteiger partial charge in [0.2, 0.25) is 5.91 Å². The van der Waals surface area contributed by atoms with Crippen LogP contribution in [-0.2, 0) is 19.5 Å². The Morgan fingerprint density at radius 2 is 1.48 bits per heavy atom. The summed E-state index contributed by atoms with van der Waals surface area (Å²) < 4.78 is 1.71. The molecule has 1 heterocycles. The normalized spacial score (nSPS) is 10.4. The van der Waals surface area contributed by atoms with Crippen molar-refractivity contribution in [3.05, 3.63) is 76.3 Å². The fraction of sp³-hybridized carbons (Fsp3) is 0.250. The van der Waals surface area contributed by atoms with Crippen molar-refractivity contribution in [1.29, 1.82) is 0 Å². The van der Waals surface area contributed by atoms with Crippen LogP contribution >= 0.6 is 0 Å². The Balaban J connectivity index is 0.000000208. The van der Waals surface area contributed by atoms with E-state index in [1.807, 2.05) is 42.5 Å². The van der Waals surface area contributed by atoms with Gasteiger partial charge in [-0.05, 0) is 11.5 Å². The van der Waals surface area contributed by atoms with Gasteiger partial charge in [0.15, 0.2) is 0 Å². The molecule has 0 saturated heterocycles. The average molecular weight is 446 g/mol. The van der Waals surface area contributed by atoms with Crippen molar-refractivity contribution in [3.63, 3.8) is 0 Å². The van der Waals surface area contributed by atoms with E-state index >= 15 is 0 Å². The zero-order chi connectivity index (χ0) is 19.0. The van der Waals surface area contributed by atoms with E-state index < -0.39 is 0 Å². The minimum atomic E-state index is 0. The second kappa shape index (κ2) is 8.27. The van der Waals surface area contributed by atoms with Crippen LogP contribution in [0.1, 0.15) is 39.5 Å². The molecule has 0 aliphatic heterocycles. The summed E-state index contributed by atoms with van der Waals surface area (Å²) in [6.45, 7) is 12.6. The zero-order valence-corrected chi connectivity index (χ0v) is 18.4. The SMILES string of the molecule is CC(=O)n1c2[c-]cccc2c2ccccc21.Cc1c(C)c(C)[c-](C)c1C.[Rh+3]. The van der Waals surface area contributed by atoms with Gasteiger partial charge >= 0.3 is 19.5 Å². The number of fused-ring (bicyclic) bond motifs is 3. The summed E-state index contributed by atoms with van der Waals surface area (Å²) >= 11 is 0. The van der Waals surface area contributed by atoms with Crippen LogP contribution < -0.4 is 0 Å². The van der Waals surface area contributed by atoms with Crippen LogP contribution in [0.5, 0.6) is 0 Å². The van der Waals surface area contributed by atoms with Crippen LogP contribution in [-0.4, -0.2) is 10.5 Å². The van der Waals surface area contributed by atoms with Crippen LogP contribution in [0.2, 0.25) is 0 Å². The van der Waals surface area contributed by atoms with Crippen LogP contribution in [0.25, 0.3) is 21.8 Å². The van der Waals surface area contributed by atoms with Crippen LogP contribution in [0.4, 0.5) is 0 Å². The molecule has 0 aliphatic rings. The van der Waals surface area contributed by atoms with E-state index in [-0.39, 0.29) is 25.4 Å². The molecule has 3 aromatic carbocycles. The number of hydrogen-bond acceptors (Lipinski definition) is 1. The number of hydrogen-bond donors (Lipinski definition) is 0. The van der Waals surface area contributed by atoms with Crippen molar-refractivity contribution in [2.24, 2.45) is 0 Å². The third kappa shape index (κ3) is 3.66. The second-order valence-electron chi connectivity index (χ2n) is 6.93. The molecule has 4 rings (SSSR count). The topological polar surface area (TPSA) is 22.0 Å². The molecule has 0 atom stereocenters. The van der Waals surface area contributed by atoms with E-state index in [4.69, 9.17) is 0 Å². The molecule has 2 nitrogen and oxygen atoms in total. The summed E-state index contributed by atoms with van der Waals surface area (Å²) in [5.74, 6) is 0.0219. The monoisotopic (exact) mass is 446 g/mol. The maximum atomic E-state index is 11.7. The number of carbonyl (C=O) groups excluding carboxylic acids is 1. The summed E-state index contributed by atoms with van der Waals surface area (Å²) in [5, 5.41) is 2.18. The number of rotatable bonds is 0. The minimum absolute atomic E-state index is 0. The Hall–Kier alpha value is -2.12. The molecular formula is C24H25NORh+. The average Bonchev–Trinajstić information content (AvgIpc) is 3.07. The molecule has 0 N–H and O–H groups in total. The van der Waals surface area contributed by atoms with E-state index in [0.717, 1.165) is 21.8 Å². The standard InChI is InChI=1S/C14H10NO.C10H15.Rh/c1-10(16)15-13-8-4-2-6-11(13)12-7-3-5-9-14(12)15;1-6-7(2)9(4)10(5)8(6)3;/h2-8H,1H3;1-5H3;/q2*-1;+3. The summed E-state index contributed by atoms with van der Waals surface area (Å²) in [4.78, 5) is 11.7. The number of benzene rings is 2. The third-order valence-corrected chi connectivity index (χ3v) is 5.62. The largest absolute Gasteiger partial charge is 3.00 e. The first-order valence-corrected chi connectivity index (χ1v) is 8.95. The molecule has 4 aromatic rings. The molecule has 0 spiro atoms. The van der Waals surface area contributed by atoms with Gasteiger partial charge in [0.1, 0.15) is 0 Å². The van der Waals surface area contributed by atoms with Crippen LogP contribution in [0, 0.1) is 40.7 Å². The molecule has 0 saturated carbocycles. The number of nitrogens with zero attached hydrogens (tertiary/aromatic N) is 1. The summed E-state index contributed by atoms with van der Waals surface area (Å²) in [5.41, 5.74) is 9.15. The van der Waals surface area contributed by atoms with Crippen molar-refractivity contribution in [2.45, 2.75) is 41.5 Å². The Kier molecular flexibility index (Phi) is 6.49. The van der Waals surface area contributed by atoms with E-state index in [0.29, 0.717) is 0 Å². The molecular weight excluding hydrogens is 421 g/mol.